The van der Waals surface area contributed by atoms with Gasteiger partial charge in [0.1, 0.15) is 11.6 Å². The summed E-state index contributed by atoms with van der Waals surface area (Å²) in [6.07, 6.45) is 0.822. The number of hydrogen-bond donors (Lipinski definition) is 2. The van der Waals surface area contributed by atoms with Crippen LogP contribution in [-0.2, 0) is 27.0 Å². The van der Waals surface area contributed by atoms with Gasteiger partial charge >= 0.3 is 0 Å². The lowest BCUT2D eigenvalue weighted by molar-refractivity contribution is -0.122. The van der Waals surface area contributed by atoms with Crippen LogP contribution in [0.15, 0.2) is 89.9 Å². The average Bonchev–Trinajstić information content (AvgIpc) is 3.57. The van der Waals surface area contributed by atoms with Gasteiger partial charge in [0.15, 0.2) is 0 Å². The number of aryl methyl sites for hydroxylation is 1. The number of benzene rings is 4. The van der Waals surface area contributed by atoms with Crippen LogP contribution < -0.4 is 20.1 Å². The molecule has 8 nitrogen and oxygen atoms in total. The van der Waals surface area contributed by atoms with Crippen LogP contribution in [0.5, 0.6) is 5.75 Å². The highest BCUT2D eigenvalue weighted by molar-refractivity contribution is 7.92. The first kappa shape index (κ1) is 31.0. The zero-order chi connectivity index (χ0) is 31.7. The number of ether oxygens (including phenoxy) is 1. The van der Waals surface area contributed by atoms with Crippen LogP contribution in [0.2, 0.25) is 10.0 Å². The number of carbonyl (C=O) groups excluding carboxylic acids is 1. The molecular weight excluding hydrogens is 631 g/mol. The molecule has 1 amide bonds. The Morgan fingerprint density at radius 3 is 2.47 bits per heavy atom. The van der Waals surface area contributed by atoms with Crippen LogP contribution in [-0.4, -0.2) is 40.4 Å². The van der Waals surface area contributed by atoms with Gasteiger partial charge in [-0.2, -0.15) is 0 Å². The molecule has 0 aromatic heterocycles. The van der Waals surface area contributed by atoms with Crippen molar-refractivity contribution in [2.24, 2.45) is 16.6 Å². The lowest BCUT2D eigenvalue weighted by atomic mass is 9.80. The van der Waals surface area contributed by atoms with Crippen LogP contribution >= 0.6 is 23.2 Å². The van der Waals surface area contributed by atoms with Crippen LogP contribution in [0.1, 0.15) is 34.7 Å². The third-order valence-electron chi connectivity index (χ3n) is 8.29. The van der Waals surface area contributed by atoms with E-state index in [1.807, 2.05) is 48.5 Å². The highest BCUT2D eigenvalue weighted by Crippen LogP contribution is 2.52. The SMILES string of the molecule is COc1cccc2c1-c1ccccc1N(S(=O)(=O)Cc1ccc(Cl)c(Cl)c1)C2C(CCc1ccc(C2=NCCN2)cc1)C(N)=O. The van der Waals surface area contributed by atoms with E-state index in [1.165, 1.54) is 4.31 Å². The van der Waals surface area contributed by atoms with Crippen molar-refractivity contribution in [3.05, 3.63) is 117 Å². The number of sulfonamides is 1. The number of hydrogen-bond acceptors (Lipinski definition) is 6. The Balaban J connectivity index is 1.43. The molecule has 45 heavy (non-hydrogen) atoms. The predicted octanol–water partition coefficient (Wildman–Crippen LogP) is 6.14. The Kier molecular flexibility index (Phi) is 8.77. The monoisotopic (exact) mass is 662 g/mol. The van der Waals surface area contributed by atoms with Crippen LogP contribution in [0.25, 0.3) is 11.1 Å². The quantitative estimate of drug-likeness (QED) is 0.212. The molecule has 2 aliphatic rings. The van der Waals surface area contributed by atoms with Crippen molar-refractivity contribution in [2.75, 3.05) is 24.5 Å². The van der Waals surface area contributed by atoms with E-state index >= 15 is 0 Å². The molecular formula is C34H32Cl2N4O4S. The van der Waals surface area contributed by atoms with E-state index < -0.39 is 27.9 Å². The number of anilines is 1. The molecule has 4 aromatic carbocycles. The summed E-state index contributed by atoms with van der Waals surface area (Å²) >= 11 is 12.4. The third kappa shape index (κ3) is 6.12. The van der Waals surface area contributed by atoms with Gasteiger partial charge < -0.3 is 15.8 Å². The number of carbonyl (C=O) groups is 1. The first-order valence-electron chi connectivity index (χ1n) is 14.6. The lowest BCUT2D eigenvalue weighted by Crippen LogP contribution is -2.45. The molecule has 0 saturated heterocycles. The normalized spacial score (nSPS) is 16.3. The van der Waals surface area contributed by atoms with Crippen LogP contribution in [0.4, 0.5) is 5.69 Å². The van der Waals surface area contributed by atoms with Gasteiger partial charge in [-0.3, -0.25) is 14.1 Å². The van der Waals surface area contributed by atoms with Crippen molar-refractivity contribution >= 4 is 50.7 Å². The zero-order valence-corrected chi connectivity index (χ0v) is 26.9. The van der Waals surface area contributed by atoms with Gasteiger partial charge in [-0.25, -0.2) is 8.42 Å². The number of nitrogens with two attached hydrogens (primary N) is 1. The Bertz CT molecular complexity index is 1900. The predicted molar refractivity (Wildman–Crippen MR) is 180 cm³/mol. The number of rotatable bonds is 10. The van der Waals surface area contributed by atoms with E-state index in [4.69, 9.17) is 33.7 Å². The fraction of sp³-hybridized carbons (Fsp3) is 0.235. The minimum atomic E-state index is -4.10. The fourth-order valence-corrected chi connectivity index (χ4v) is 8.34. The smallest absolute Gasteiger partial charge is 0.239 e. The molecule has 2 unspecified atom stereocenters. The molecule has 4 aromatic rings. The summed E-state index contributed by atoms with van der Waals surface area (Å²) in [4.78, 5) is 17.8. The lowest BCUT2D eigenvalue weighted by Gasteiger charge is -2.42. The summed E-state index contributed by atoms with van der Waals surface area (Å²) in [7, 11) is -2.53. The summed E-state index contributed by atoms with van der Waals surface area (Å²) in [6, 6.07) is 24.5. The minimum Gasteiger partial charge on any atom is -0.496 e. The van der Waals surface area contributed by atoms with E-state index in [0.29, 0.717) is 46.0 Å². The molecule has 232 valence electrons. The molecule has 11 heteroatoms. The molecule has 2 aliphatic heterocycles. The summed E-state index contributed by atoms with van der Waals surface area (Å²) in [5.74, 6) is -0.379. The van der Waals surface area contributed by atoms with Crippen molar-refractivity contribution in [3.63, 3.8) is 0 Å². The number of methoxy groups -OCH3 is 1. The zero-order valence-electron chi connectivity index (χ0n) is 24.5. The van der Waals surface area contributed by atoms with E-state index in [2.05, 4.69) is 10.3 Å². The van der Waals surface area contributed by atoms with Gasteiger partial charge in [0.05, 0.1) is 47.1 Å². The standard InChI is InChI=1S/C34H32Cl2N4O4S/c1-44-30-8-4-6-25-31(30)24-5-2-3-7-29(24)40(45(42,43)20-22-12-16-27(35)28(36)19-22)32(25)26(33(37)41)15-11-21-9-13-23(14-10-21)34-38-17-18-39-34/h2-10,12-14,16,19,26,32H,11,15,17-18,20H2,1H3,(H2,37,41)(H,38,39). The van der Waals surface area contributed by atoms with Gasteiger partial charge in [-0.05, 0) is 53.8 Å². The van der Waals surface area contributed by atoms with Gasteiger partial charge in [0.25, 0.3) is 0 Å². The maximum Gasteiger partial charge on any atom is 0.239 e. The van der Waals surface area contributed by atoms with Crippen molar-refractivity contribution in [1.29, 1.82) is 0 Å². The van der Waals surface area contributed by atoms with Gasteiger partial charge in [0.2, 0.25) is 15.9 Å². The Hall–Kier alpha value is -4.05. The molecule has 6 rings (SSSR count). The van der Waals surface area contributed by atoms with Gasteiger partial charge in [-0.15, -0.1) is 0 Å². The molecule has 0 aliphatic carbocycles. The minimum absolute atomic E-state index is 0.256. The number of nitrogens with zero attached hydrogens (tertiary/aromatic N) is 2. The number of para-hydroxylation sites is 1. The Morgan fingerprint density at radius 1 is 1.02 bits per heavy atom. The fourth-order valence-electron chi connectivity index (χ4n) is 6.22. The number of fused-ring (bicyclic) bond motifs is 3. The number of nitrogens with one attached hydrogen (secondary N) is 1. The van der Waals surface area contributed by atoms with Crippen molar-refractivity contribution in [1.82, 2.24) is 5.32 Å². The molecule has 0 saturated carbocycles. The first-order chi connectivity index (χ1) is 21.7. The summed E-state index contributed by atoms with van der Waals surface area (Å²) < 4.78 is 36.1. The van der Waals surface area contributed by atoms with E-state index in [0.717, 1.165) is 35.6 Å². The topological polar surface area (TPSA) is 114 Å². The second-order valence-corrected chi connectivity index (χ2v) is 13.7. The van der Waals surface area contributed by atoms with Crippen molar-refractivity contribution in [2.45, 2.75) is 24.6 Å². The summed E-state index contributed by atoms with van der Waals surface area (Å²) in [6.45, 7) is 1.57. The Labute approximate surface area is 272 Å². The summed E-state index contributed by atoms with van der Waals surface area (Å²) in [5, 5.41) is 3.86. The van der Waals surface area contributed by atoms with E-state index in [9.17, 15) is 13.2 Å². The molecule has 2 heterocycles. The maximum absolute atomic E-state index is 14.5. The Morgan fingerprint density at radius 2 is 1.78 bits per heavy atom. The van der Waals surface area contributed by atoms with E-state index in [-0.39, 0.29) is 10.8 Å². The number of amidine groups is 1. The number of amides is 1. The van der Waals surface area contributed by atoms with Crippen LogP contribution in [0.3, 0.4) is 0 Å². The maximum atomic E-state index is 14.5. The molecule has 0 fully saturated rings. The highest BCUT2D eigenvalue weighted by Gasteiger charge is 2.44. The second-order valence-electron chi connectivity index (χ2n) is 11.1. The van der Waals surface area contributed by atoms with Gasteiger partial charge in [-0.1, -0.05) is 83.9 Å². The average molecular weight is 664 g/mol. The molecule has 3 N–H and O–H groups in total. The number of halogens is 2. The van der Waals surface area contributed by atoms with Crippen LogP contribution in [0, 0.1) is 5.92 Å². The number of primary amides is 1. The molecule has 2 atom stereocenters. The first-order valence-corrected chi connectivity index (χ1v) is 16.9. The molecule has 0 radical (unpaired) electrons. The second kappa shape index (κ2) is 12.7. The largest absolute Gasteiger partial charge is 0.496 e. The van der Waals surface area contributed by atoms with Gasteiger partial charge in [0, 0.05) is 23.2 Å². The third-order valence-corrected chi connectivity index (χ3v) is 10.7. The summed E-state index contributed by atoms with van der Waals surface area (Å²) in [5.41, 5.74) is 11.1. The molecule has 0 spiro atoms. The highest BCUT2D eigenvalue weighted by atomic mass is 35.5. The van der Waals surface area contributed by atoms with Crippen molar-refractivity contribution < 1.29 is 17.9 Å². The van der Waals surface area contributed by atoms with E-state index in [1.54, 1.807) is 43.5 Å². The van der Waals surface area contributed by atoms with Crippen molar-refractivity contribution in [3.8, 4) is 16.9 Å². The number of aliphatic imine (C=N–C) groups is 1. The molecule has 0 bridgehead atoms.